The second-order valence-electron chi connectivity index (χ2n) is 10.9. The molecule has 1 atom stereocenters. The fourth-order valence-electron chi connectivity index (χ4n) is 4.14. The first-order chi connectivity index (χ1) is 26.6. The molecule has 0 aliphatic carbocycles. The second kappa shape index (κ2) is 20.5. The minimum absolute atomic E-state index is 0.0926. The molecular formula is C30H25Cl3F6N5O13P. The lowest BCUT2D eigenvalue weighted by atomic mass is 10.1. The van der Waals surface area contributed by atoms with Gasteiger partial charge in [-0.05, 0) is 48.9 Å². The van der Waals surface area contributed by atoms with Crippen LogP contribution in [0.4, 0.5) is 32.0 Å². The van der Waals surface area contributed by atoms with Crippen LogP contribution in [0.5, 0.6) is 11.5 Å². The van der Waals surface area contributed by atoms with Gasteiger partial charge in [-0.2, -0.15) is 26.6 Å². The summed E-state index contributed by atoms with van der Waals surface area (Å²) in [7, 11) is -4.10. The lowest BCUT2D eigenvalue weighted by molar-refractivity contribution is -0.385. The van der Waals surface area contributed by atoms with E-state index in [4.69, 9.17) is 64.6 Å². The molecule has 58 heavy (non-hydrogen) atoms. The van der Waals surface area contributed by atoms with Crippen molar-refractivity contribution < 1.29 is 80.1 Å². The van der Waals surface area contributed by atoms with Gasteiger partial charge in [-0.15, -0.1) is 16.7 Å². The molecule has 1 heterocycles. The maximum atomic E-state index is 14.1. The number of nitro benzene ring substituents is 1. The van der Waals surface area contributed by atoms with Crippen molar-refractivity contribution in [2.45, 2.75) is 31.4 Å². The van der Waals surface area contributed by atoms with E-state index in [9.17, 15) is 60.2 Å². The number of nitrogens with one attached hydrogen (secondary N) is 1. The number of aromatic nitrogens is 3. The normalized spacial score (nSPS) is 11.8. The van der Waals surface area contributed by atoms with Crippen molar-refractivity contribution in [1.29, 1.82) is 0 Å². The first kappa shape index (κ1) is 48.9. The maximum Gasteiger partial charge on any atom is 0.416 e. The molecule has 316 valence electrons. The fourth-order valence-corrected chi connectivity index (χ4v) is 5.16. The molecule has 0 bridgehead atoms. The second-order valence-corrected chi connectivity index (χ2v) is 13.9. The summed E-state index contributed by atoms with van der Waals surface area (Å²) in [6, 6.07) is 7.16. The zero-order valence-corrected chi connectivity index (χ0v) is 31.7. The van der Waals surface area contributed by atoms with Gasteiger partial charge in [0.2, 0.25) is 0 Å². The highest BCUT2D eigenvalue weighted by Crippen LogP contribution is 2.37. The van der Waals surface area contributed by atoms with Crippen molar-refractivity contribution in [3.05, 3.63) is 108 Å². The molecule has 28 heteroatoms. The molecular weight excluding hydrogens is 890 g/mol. The van der Waals surface area contributed by atoms with Gasteiger partial charge in [0.1, 0.15) is 34.0 Å². The van der Waals surface area contributed by atoms with Crippen LogP contribution in [0.25, 0.3) is 5.69 Å². The van der Waals surface area contributed by atoms with Gasteiger partial charge in [-0.25, -0.2) is 18.5 Å². The molecule has 0 aliphatic heterocycles. The van der Waals surface area contributed by atoms with E-state index in [0.717, 1.165) is 49.4 Å². The monoisotopic (exact) mass is 913 g/mol. The predicted octanol–water partition coefficient (Wildman–Crippen LogP) is 6.32. The highest BCUT2D eigenvalue weighted by Gasteiger charge is 2.31. The third-order valence-corrected chi connectivity index (χ3v) is 8.29. The van der Waals surface area contributed by atoms with Gasteiger partial charge < -0.3 is 29.8 Å². The van der Waals surface area contributed by atoms with E-state index in [1.54, 1.807) is 0 Å². The molecule has 4 aromatic rings. The lowest BCUT2D eigenvalue weighted by Gasteiger charge is -2.11. The number of carbonyl (C=O) groups is 3. The number of aliphatic carboxylic acids is 2. The molecule has 6 N–H and O–H groups in total. The van der Waals surface area contributed by atoms with Crippen LogP contribution < -0.4 is 15.7 Å². The van der Waals surface area contributed by atoms with Crippen LogP contribution in [0.2, 0.25) is 10.0 Å². The van der Waals surface area contributed by atoms with E-state index in [-0.39, 0.29) is 43.9 Å². The zero-order chi connectivity index (χ0) is 44.4. The smallest absolute Gasteiger partial charge is 0.416 e. The summed E-state index contributed by atoms with van der Waals surface area (Å²) in [5.74, 6) is -5.58. The molecule has 3 aromatic carbocycles. The van der Waals surface area contributed by atoms with Crippen LogP contribution >= 0.6 is 42.4 Å². The fraction of sp³-hybridized carbons (Fsp3) is 0.233. The summed E-state index contributed by atoms with van der Waals surface area (Å²) >= 11 is 17.2. The summed E-state index contributed by atoms with van der Waals surface area (Å²) in [6.45, 7) is -2.41. The van der Waals surface area contributed by atoms with Gasteiger partial charge >= 0.3 is 43.9 Å². The number of nitro groups is 1. The summed E-state index contributed by atoms with van der Waals surface area (Å²) < 4.78 is 93.3. The Balaban J connectivity index is 0.000000326. The number of hydrogen-bond donors (Lipinski definition) is 6. The third-order valence-electron chi connectivity index (χ3n) is 6.66. The van der Waals surface area contributed by atoms with Crippen molar-refractivity contribution in [3.8, 4) is 17.2 Å². The van der Waals surface area contributed by atoms with Crippen LogP contribution in [0, 0.1) is 22.9 Å². The van der Waals surface area contributed by atoms with E-state index in [0.29, 0.717) is 10.7 Å². The number of benzene rings is 3. The zero-order valence-electron chi connectivity index (χ0n) is 28.5. The van der Waals surface area contributed by atoms with Crippen LogP contribution in [0.15, 0.2) is 53.3 Å². The molecule has 0 saturated carbocycles. The Morgan fingerprint density at radius 1 is 1.03 bits per heavy atom. The highest BCUT2D eigenvalue weighted by molar-refractivity contribution is 7.51. The number of nitrogens with zero attached hydrogens (tertiary/aromatic N) is 4. The highest BCUT2D eigenvalue weighted by atomic mass is 35.5. The largest absolute Gasteiger partial charge is 0.480 e. The number of alkyl halides is 6. The Hall–Kier alpha value is -5.23. The quantitative estimate of drug-likeness (QED) is 0.0282. The first-order valence-electron chi connectivity index (χ1n) is 15.0. The van der Waals surface area contributed by atoms with Crippen LogP contribution in [0.3, 0.4) is 0 Å². The van der Waals surface area contributed by atoms with E-state index in [1.165, 1.54) is 0 Å². The Morgan fingerprint density at radius 3 is 2.12 bits per heavy atom. The number of rotatable bonds is 13. The van der Waals surface area contributed by atoms with Crippen molar-refractivity contribution >= 4 is 66.0 Å². The Kier molecular flexibility index (Phi) is 17.3. The van der Waals surface area contributed by atoms with Gasteiger partial charge in [0.05, 0.1) is 28.3 Å². The number of carboxylic acids is 3. The number of halogens is 9. The Bertz CT molecular complexity index is 2290. The van der Waals surface area contributed by atoms with E-state index in [1.807, 2.05) is 0 Å². The van der Waals surface area contributed by atoms with Crippen molar-refractivity contribution in [1.82, 2.24) is 19.7 Å². The van der Waals surface area contributed by atoms with E-state index in [2.05, 4.69) is 10.4 Å². The topological polar surface area (TPSA) is 274 Å². The number of hydrogen-bond acceptors (Lipinski definition) is 10. The molecule has 0 spiro atoms. The molecule has 0 fully saturated rings. The van der Waals surface area contributed by atoms with Gasteiger partial charge in [0, 0.05) is 23.6 Å². The Labute approximate surface area is 334 Å². The molecule has 0 saturated heterocycles. The summed E-state index contributed by atoms with van der Waals surface area (Å²) in [4.78, 5) is 69.8. The third kappa shape index (κ3) is 14.3. The van der Waals surface area contributed by atoms with Crippen LogP contribution in [-0.2, 0) is 26.8 Å². The van der Waals surface area contributed by atoms with Crippen molar-refractivity contribution in [2.24, 2.45) is 0 Å². The van der Waals surface area contributed by atoms with Crippen LogP contribution in [0.1, 0.15) is 33.9 Å². The molecule has 0 radical (unpaired) electrons. The molecule has 1 aromatic heterocycles. The lowest BCUT2D eigenvalue weighted by Crippen LogP contribution is -2.25. The van der Waals surface area contributed by atoms with Crippen LogP contribution in [-0.4, -0.2) is 80.5 Å². The average Bonchev–Trinajstić information content (AvgIpc) is 3.38. The van der Waals surface area contributed by atoms with E-state index >= 15 is 0 Å². The molecule has 1 unspecified atom stereocenters. The van der Waals surface area contributed by atoms with Gasteiger partial charge in [0.25, 0.3) is 5.69 Å². The summed E-state index contributed by atoms with van der Waals surface area (Å²) in [5.41, 5.74) is -3.79. The van der Waals surface area contributed by atoms with Crippen molar-refractivity contribution in [2.75, 3.05) is 12.8 Å². The summed E-state index contributed by atoms with van der Waals surface area (Å²) in [6.07, 6.45) is -5.43. The predicted molar refractivity (Wildman–Crippen MR) is 189 cm³/mol. The molecule has 0 amide bonds. The first-order valence-corrected chi connectivity index (χ1v) is 18.0. The SMILES string of the molecule is Cc1nn(-c2cc(CC(Cl)C(=O)O)c(Cl)cc2F)c(=O)n1C(F)F.O=C(O)CNCP(=O)(O)O.O=C(O)c1cc(Oc2ccc(C(F)(F)F)cc2Cl)ccc1[N+](=O)[O-]. The number of aromatic carboxylic acids is 1. The molecule has 4 rings (SSSR count). The Morgan fingerprint density at radius 2 is 1.66 bits per heavy atom. The minimum Gasteiger partial charge on any atom is -0.480 e. The van der Waals surface area contributed by atoms with Crippen molar-refractivity contribution in [3.63, 3.8) is 0 Å². The standard InChI is InChI=1S/C14H7ClF3NO5.C13H10Cl2F3N3O3.C3H8NO5P/c15-10-5-7(14(16,17)18)1-4-12(10)24-8-2-3-11(19(22)23)9(6-8)13(20)21;1-5-19-21(13(24)20(5)12(17)18)10-3-6(2-8(15)11(22)23)7(14)4-9(10)16;5-3(6)1-4-2-10(7,8)9/h1-6H,(H,20,21);3-4,8,12H,2H2,1H3,(H,22,23);4H,1-2H2,(H,5,6)(H2,7,8,9). The maximum absolute atomic E-state index is 14.1. The van der Waals surface area contributed by atoms with E-state index < -0.39 is 95.4 Å². The summed E-state index contributed by atoms with van der Waals surface area (Å²) in [5, 5.41) is 40.4. The van der Waals surface area contributed by atoms with Gasteiger partial charge in [0.15, 0.2) is 5.82 Å². The number of carboxylic acid groups (broad SMARTS) is 3. The van der Waals surface area contributed by atoms with Gasteiger partial charge in [-0.3, -0.25) is 29.6 Å². The minimum atomic E-state index is -4.58. The number of ether oxygens (including phenoxy) is 1. The molecule has 18 nitrogen and oxygen atoms in total. The average molecular weight is 915 g/mol. The number of aryl methyl sites for hydroxylation is 1. The molecule has 0 aliphatic rings. The van der Waals surface area contributed by atoms with Gasteiger partial charge in [-0.1, -0.05) is 23.2 Å².